The van der Waals surface area contributed by atoms with Crippen molar-refractivity contribution in [2.24, 2.45) is 4.99 Å². The number of esters is 1. The molecule has 0 amide bonds. The Labute approximate surface area is 189 Å². The molecule has 0 N–H and O–H groups in total. The fraction of sp³-hybridized carbons (Fsp3) is 0.120. The van der Waals surface area contributed by atoms with E-state index in [9.17, 15) is 14.9 Å². The van der Waals surface area contributed by atoms with Gasteiger partial charge >= 0.3 is 5.97 Å². The van der Waals surface area contributed by atoms with Crippen molar-refractivity contribution in [3.63, 3.8) is 0 Å². The van der Waals surface area contributed by atoms with Crippen LogP contribution in [0.25, 0.3) is 6.08 Å². The molecule has 0 fully saturated rings. The Balaban J connectivity index is 1.53. The van der Waals surface area contributed by atoms with Crippen LogP contribution >= 0.6 is 0 Å². The van der Waals surface area contributed by atoms with Crippen molar-refractivity contribution in [2.45, 2.75) is 6.92 Å². The van der Waals surface area contributed by atoms with E-state index in [1.54, 1.807) is 24.3 Å². The first-order chi connectivity index (χ1) is 16.0. The van der Waals surface area contributed by atoms with Gasteiger partial charge in [0.05, 0.1) is 4.92 Å². The molecule has 0 saturated carbocycles. The molecule has 0 aliphatic carbocycles. The summed E-state index contributed by atoms with van der Waals surface area (Å²) in [4.78, 5) is 27.3. The number of nitro groups is 1. The second-order valence-electron chi connectivity index (χ2n) is 7.19. The fourth-order valence-electron chi connectivity index (χ4n) is 3.10. The zero-order valence-electron chi connectivity index (χ0n) is 17.8. The molecule has 0 atom stereocenters. The summed E-state index contributed by atoms with van der Waals surface area (Å²) >= 11 is 0. The van der Waals surface area contributed by atoms with Gasteiger partial charge in [-0.3, -0.25) is 10.1 Å². The molecule has 8 heteroatoms. The summed E-state index contributed by atoms with van der Waals surface area (Å²) in [5.41, 5.74) is 2.01. The van der Waals surface area contributed by atoms with Gasteiger partial charge in [0.2, 0.25) is 5.90 Å². The number of aliphatic imine (C=N–C) groups is 1. The first-order valence-corrected chi connectivity index (χ1v) is 10.2. The Morgan fingerprint density at radius 3 is 2.45 bits per heavy atom. The highest BCUT2D eigenvalue weighted by Crippen LogP contribution is 2.28. The molecular weight excluding hydrogens is 424 g/mol. The summed E-state index contributed by atoms with van der Waals surface area (Å²) < 4.78 is 16.7. The lowest BCUT2D eigenvalue weighted by molar-refractivity contribution is -0.384. The summed E-state index contributed by atoms with van der Waals surface area (Å²) in [5, 5.41) is 11.2. The van der Waals surface area contributed by atoms with E-state index in [1.807, 2.05) is 37.3 Å². The number of nitro benzene ring substituents is 1. The van der Waals surface area contributed by atoms with Crippen LogP contribution in [0.5, 0.6) is 11.5 Å². The predicted octanol–water partition coefficient (Wildman–Crippen LogP) is 4.71. The summed E-state index contributed by atoms with van der Waals surface area (Å²) in [6, 6.07) is 20.8. The fourth-order valence-corrected chi connectivity index (χ4v) is 3.10. The second-order valence-corrected chi connectivity index (χ2v) is 7.19. The van der Waals surface area contributed by atoms with Crippen LogP contribution in [-0.2, 0) is 9.53 Å². The van der Waals surface area contributed by atoms with E-state index >= 15 is 0 Å². The topological polar surface area (TPSA) is 100 Å². The average Bonchev–Trinajstić information content (AvgIpc) is 3.19. The maximum absolute atomic E-state index is 12.3. The molecule has 33 heavy (non-hydrogen) atoms. The quantitative estimate of drug-likeness (QED) is 0.164. The summed E-state index contributed by atoms with van der Waals surface area (Å²) in [6.07, 6.45) is 1.42. The van der Waals surface area contributed by atoms with Gasteiger partial charge in [-0.1, -0.05) is 35.9 Å². The van der Waals surface area contributed by atoms with Crippen LogP contribution < -0.4 is 9.47 Å². The van der Waals surface area contributed by atoms with E-state index < -0.39 is 10.9 Å². The van der Waals surface area contributed by atoms with Gasteiger partial charge in [0.1, 0.15) is 24.7 Å². The van der Waals surface area contributed by atoms with Crippen molar-refractivity contribution in [1.82, 2.24) is 0 Å². The maximum atomic E-state index is 12.3. The summed E-state index contributed by atoms with van der Waals surface area (Å²) in [5.74, 6) is 0.601. The highest BCUT2D eigenvalue weighted by molar-refractivity contribution is 6.12. The molecular formula is C25H20N2O6. The van der Waals surface area contributed by atoms with E-state index in [-0.39, 0.29) is 30.5 Å². The predicted molar refractivity (Wildman–Crippen MR) is 122 cm³/mol. The Bertz CT molecular complexity index is 1230. The van der Waals surface area contributed by atoms with Crippen molar-refractivity contribution < 1.29 is 23.9 Å². The Hall–Kier alpha value is -4.46. The third-order valence-electron chi connectivity index (χ3n) is 4.77. The highest BCUT2D eigenvalue weighted by Gasteiger charge is 2.25. The molecule has 166 valence electrons. The minimum absolute atomic E-state index is 0.0232. The number of non-ortho nitro benzene ring substituents is 1. The number of rotatable bonds is 8. The molecule has 0 saturated heterocycles. The van der Waals surface area contributed by atoms with Crippen LogP contribution in [0.2, 0.25) is 0 Å². The van der Waals surface area contributed by atoms with Crippen LogP contribution in [0.15, 0.2) is 83.5 Å². The van der Waals surface area contributed by atoms with Crippen molar-refractivity contribution in [3.05, 3.63) is 105 Å². The molecule has 0 bridgehead atoms. The molecule has 8 nitrogen and oxygen atoms in total. The van der Waals surface area contributed by atoms with Crippen LogP contribution in [0.1, 0.15) is 16.7 Å². The lowest BCUT2D eigenvalue weighted by Crippen LogP contribution is -2.10. The number of carbonyl (C=O) groups excluding carboxylic acids is 1. The van der Waals surface area contributed by atoms with Gasteiger partial charge in [0.15, 0.2) is 5.70 Å². The van der Waals surface area contributed by atoms with Gasteiger partial charge in [-0.25, -0.2) is 9.79 Å². The molecule has 1 aliphatic heterocycles. The van der Waals surface area contributed by atoms with E-state index in [4.69, 9.17) is 14.2 Å². The smallest absolute Gasteiger partial charge is 0.363 e. The zero-order chi connectivity index (χ0) is 23.2. The summed E-state index contributed by atoms with van der Waals surface area (Å²) in [7, 11) is 0. The normalized spacial score (nSPS) is 14.0. The Morgan fingerprint density at radius 1 is 1.00 bits per heavy atom. The molecule has 1 heterocycles. The van der Waals surface area contributed by atoms with Crippen LogP contribution in [0, 0.1) is 17.0 Å². The molecule has 1 aliphatic rings. The Morgan fingerprint density at radius 2 is 1.73 bits per heavy atom. The van der Waals surface area contributed by atoms with E-state index in [2.05, 4.69) is 4.99 Å². The van der Waals surface area contributed by atoms with Gasteiger partial charge in [-0.15, -0.1) is 0 Å². The van der Waals surface area contributed by atoms with Crippen molar-refractivity contribution in [2.75, 3.05) is 13.2 Å². The maximum Gasteiger partial charge on any atom is 0.363 e. The largest absolute Gasteiger partial charge is 0.490 e. The van der Waals surface area contributed by atoms with Gasteiger partial charge in [-0.2, -0.15) is 0 Å². The SMILES string of the molecule is Cc1ccc(OCCOc2ccc([N+](=O)[O-])cc2/C=C2\N=C(c3ccccc3)OC2=O)cc1. The third kappa shape index (κ3) is 5.43. The number of benzene rings is 3. The standard InChI is InChI=1S/C25H20N2O6/c1-17-7-10-21(11-8-17)31-13-14-32-23-12-9-20(27(29)30)15-19(23)16-22-25(28)33-24(26-22)18-5-3-2-4-6-18/h2-12,15-16H,13-14H2,1H3/b22-16-. The average molecular weight is 444 g/mol. The number of nitrogens with zero attached hydrogens (tertiary/aromatic N) is 2. The van der Waals surface area contributed by atoms with Crippen molar-refractivity contribution in [3.8, 4) is 11.5 Å². The minimum Gasteiger partial charge on any atom is -0.490 e. The van der Waals surface area contributed by atoms with Crippen LogP contribution in [0.3, 0.4) is 0 Å². The molecule has 0 radical (unpaired) electrons. The third-order valence-corrected chi connectivity index (χ3v) is 4.77. The van der Waals surface area contributed by atoms with E-state index in [1.165, 1.54) is 24.3 Å². The number of hydrogen-bond donors (Lipinski definition) is 0. The Kier molecular flexibility index (Phi) is 6.45. The monoisotopic (exact) mass is 444 g/mol. The molecule has 0 spiro atoms. The molecule has 0 aromatic heterocycles. The first-order valence-electron chi connectivity index (χ1n) is 10.2. The van der Waals surface area contributed by atoms with Crippen LogP contribution in [-0.4, -0.2) is 30.0 Å². The number of carbonyl (C=O) groups is 1. The van der Waals surface area contributed by atoms with Gasteiger partial charge in [-0.05, 0) is 43.3 Å². The highest BCUT2D eigenvalue weighted by atomic mass is 16.6. The minimum atomic E-state index is -0.644. The second kappa shape index (κ2) is 9.78. The van der Waals surface area contributed by atoms with Gasteiger partial charge < -0.3 is 14.2 Å². The van der Waals surface area contributed by atoms with E-state index in [0.29, 0.717) is 22.6 Å². The first kappa shape index (κ1) is 21.8. The van der Waals surface area contributed by atoms with E-state index in [0.717, 1.165) is 5.56 Å². The van der Waals surface area contributed by atoms with Gasteiger partial charge in [0.25, 0.3) is 5.69 Å². The molecule has 0 unspecified atom stereocenters. The van der Waals surface area contributed by atoms with Gasteiger partial charge in [0, 0.05) is 23.3 Å². The lowest BCUT2D eigenvalue weighted by atomic mass is 10.1. The van der Waals surface area contributed by atoms with Crippen molar-refractivity contribution in [1.29, 1.82) is 0 Å². The van der Waals surface area contributed by atoms with Crippen LogP contribution in [0.4, 0.5) is 5.69 Å². The van der Waals surface area contributed by atoms with Crippen molar-refractivity contribution >= 4 is 23.6 Å². The molecule has 3 aromatic carbocycles. The molecule has 3 aromatic rings. The zero-order valence-corrected chi connectivity index (χ0v) is 17.8. The molecule has 4 rings (SSSR count). The number of hydrogen-bond acceptors (Lipinski definition) is 7. The summed E-state index contributed by atoms with van der Waals surface area (Å²) in [6.45, 7) is 2.46. The lowest BCUT2D eigenvalue weighted by Gasteiger charge is -2.11. The number of cyclic esters (lactones) is 1. The number of aryl methyl sites for hydroxylation is 1. The number of ether oxygens (including phenoxy) is 3.